The highest BCUT2D eigenvalue weighted by Gasteiger charge is 2.18. The molecule has 0 bridgehead atoms. The van der Waals surface area contributed by atoms with Crippen LogP contribution in [-0.4, -0.2) is 50.1 Å². The van der Waals surface area contributed by atoms with Gasteiger partial charge in [-0.1, -0.05) is 13.3 Å². The highest BCUT2D eigenvalue weighted by atomic mass is 32.2. The first-order valence-electron chi connectivity index (χ1n) is 5.71. The van der Waals surface area contributed by atoms with Gasteiger partial charge in [-0.05, 0) is 12.8 Å². The predicted molar refractivity (Wildman–Crippen MR) is 67.2 cm³/mol. The topological polar surface area (TPSA) is 113 Å². The molecule has 0 aromatic carbocycles. The zero-order valence-electron chi connectivity index (χ0n) is 10.6. The molecule has 7 nitrogen and oxygen atoms in total. The molecular formula is C10H20N2O5S. The second kappa shape index (κ2) is 7.91. The van der Waals surface area contributed by atoms with E-state index in [1.807, 2.05) is 6.92 Å². The summed E-state index contributed by atoms with van der Waals surface area (Å²) in [5.41, 5.74) is 0. The van der Waals surface area contributed by atoms with Gasteiger partial charge in [0, 0.05) is 12.8 Å². The molecule has 18 heavy (non-hydrogen) atoms. The molecule has 0 aliphatic heterocycles. The smallest absolute Gasteiger partial charge is 0.326 e. The van der Waals surface area contributed by atoms with E-state index >= 15 is 0 Å². The Bertz CT molecular complexity index is 380. The zero-order chi connectivity index (χ0) is 14.2. The first-order valence-corrected chi connectivity index (χ1v) is 7.77. The van der Waals surface area contributed by atoms with Crippen LogP contribution in [0, 0.1) is 0 Å². The van der Waals surface area contributed by atoms with Gasteiger partial charge in [-0.25, -0.2) is 18.0 Å². The van der Waals surface area contributed by atoms with Crippen molar-refractivity contribution in [2.75, 3.05) is 18.6 Å². The maximum atomic E-state index is 11.3. The van der Waals surface area contributed by atoms with Crippen molar-refractivity contribution in [2.24, 2.45) is 0 Å². The Morgan fingerprint density at radius 3 is 2.39 bits per heavy atom. The first-order chi connectivity index (χ1) is 8.26. The number of hydrogen-bond acceptors (Lipinski definition) is 4. The standard InChI is InChI=1S/C10H20N2O5S/c1-3-5-8(9(13)14)12-10(15)11-6-4-7-18(2,16)17/h8H,3-7H2,1-2H3,(H,13,14)(H2,11,12,15)/t8-/m0/s1. The summed E-state index contributed by atoms with van der Waals surface area (Å²) in [4.78, 5) is 22.1. The lowest BCUT2D eigenvalue weighted by atomic mass is 10.2. The summed E-state index contributed by atoms with van der Waals surface area (Å²) in [6.07, 6.45) is 2.42. The summed E-state index contributed by atoms with van der Waals surface area (Å²) in [6.45, 7) is 2.01. The molecule has 0 aromatic rings. The minimum Gasteiger partial charge on any atom is -0.480 e. The van der Waals surface area contributed by atoms with Gasteiger partial charge in [0.25, 0.3) is 0 Å². The summed E-state index contributed by atoms with van der Waals surface area (Å²) in [7, 11) is -3.03. The number of hydrogen-bond donors (Lipinski definition) is 3. The highest BCUT2D eigenvalue weighted by Crippen LogP contribution is 1.96. The van der Waals surface area contributed by atoms with E-state index in [1.54, 1.807) is 0 Å². The van der Waals surface area contributed by atoms with Crippen LogP contribution in [0.3, 0.4) is 0 Å². The van der Waals surface area contributed by atoms with E-state index in [-0.39, 0.29) is 12.3 Å². The molecule has 0 unspecified atom stereocenters. The van der Waals surface area contributed by atoms with Gasteiger partial charge in [0.05, 0.1) is 5.75 Å². The molecule has 0 fully saturated rings. The first kappa shape index (κ1) is 16.7. The third-order valence-electron chi connectivity index (χ3n) is 2.16. The van der Waals surface area contributed by atoms with Crippen molar-refractivity contribution in [1.82, 2.24) is 10.6 Å². The molecule has 0 aromatic heterocycles. The minimum absolute atomic E-state index is 0.00933. The van der Waals surface area contributed by atoms with Crippen LogP contribution in [0.5, 0.6) is 0 Å². The lowest BCUT2D eigenvalue weighted by molar-refractivity contribution is -0.139. The molecular weight excluding hydrogens is 260 g/mol. The van der Waals surface area contributed by atoms with E-state index in [1.165, 1.54) is 0 Å². The Morgan fingerprint density at radius 2 is 1.94 bits per heavy atom. The molecule has 3 N–H and O–H groups in total. The van der Waals surface area contributed by atoms with Crippen LogP contribution in [0.15, 0.2) is 0 Å². The Kier molecular flexibility index (Phi) is 7.33. The summed E-state index contributed by atoms with van der Waals surface area (Å²) in [5.74, 6) is -1.09. The largest absolute Gasteiger partial charge is 0.480 e. The number of carboxylic acids is 1. The van der Waals surface area contributed by atoms with E-state index in [0.29, 0.717) is 19.3 Å². The van der Waals surface area contributed by atoms with Crippen LogP contribution in [0.4, 0.5) is 4.79 Å². The Morgan fingerprint density at radius 1 is 1.33 bits per heavy atom. The maximum Gasteiger partial charge on any atom is 0.326 e. The van der Waals surface area contributed by atoms with E-state index < -0.39 is 27.9 Å². The van der Waals surface area contributed by atoms with Crippen molar-refractivity contribution >= 4 is 21.8 Å². The molecule has 1 atom stereocenters. The molecule has 8 heteroatoms. The lowest BCUT2D eigenvalue weighted by Crippen LogP contribution is -2.46. The molecule has 0 rings (SSSR count). The van der Waals surface area contributed by atoms with Crippen LogP contribution in [0.2, 0.25) is 0 Å². The number of carbonyl (C=O) groups excluding carboxylic acids is 1. The third-order valence-corrected chi connectivity index (χ3v) is 3.19. The second-order valence-corrected chi connectivity index (χ2v) is 6.32. The van der Waals surface area contributed by atoms with Crippen molar-refractivity contribution < 1.29 is 23.1 Å². The van der Waals surface area contributed by atoms with Crippen LogP contribution in [-0.2, 0) is 14.6 Å². The number of amides is 2. The fraction of sp³-hybridized carbons (Fsp3) is 0.800. The lowest BCUT2D eigenvalue weighted by Gasteiger charge is -2.14. The van der Waals surface area contributed by atoms with Crippen LogP contribution in [0.1, 0.15) is 26.2 Å². The fourth-order valence-corrected chi connectivity index (χ4v) is 1.96. The Balaban J connectivity index is 3.92. The molecule has 2 amide bonds. The summed E-state index contributed by atoms with van der Waals surface area (Å²) in [6, 6.07) is -1.51. The van der Waals surface area contributed by atoms with Crippen molar-refractivity contribution in [2.45, 2.75) is 32.2 Å². The van der Waals surface area contributed by atoms with Crippen molar-refractivity contribution in [1.29, 1.82) is 0 Å². The van der Waals surface area contributed by atoms with Crippen molar-refractivity contribution in [3.05, 3.63) is 0 Å². The van der Waals surface area contributed by atoms with Gasteiger partial charge in [-0.15, -0.1) is 0 Å². The van der Waals surface area contributed by atoms with Gasteiger partial charge in [0.15, 0.2) is 0 Å². The van der Waals surface area contributed by atoms with E-state index in [4.69, 9.17) is 5.11 Å². The van der Waals surface area contributed by atoms with E-state index in [9.17, 15) is 18.0 Å². The Labute approximate surface area is 107 Å². The Hall–Kier alpha value is -1.31. The van der Waals surface area contributed by atoms with E-state index in [0.717, 1.165) is 6.26 Å². The van der Waals surface area contributed by atoms with Gasteiger partial charge >= 0.3 is 12.0 Å². The monoisotopic (exact) mass is 280 g/mol. The summed E-state index contributed by atoms with van der Waals surface area (Å²) < 4.78 is 21.6. The third kappa shape index (κ3) is 8.80. The summed E-state index contributed by atoms with van der Waals surface area (Å²) in [5, 5.41) is 13.5. The molecule has 0 heterocycles. The minimum atomic E-state index is -3.03. The van der Waals surface area contributed by atoms with Gasteiger partial charge < -0.3 is 15.7 Å². The SMILES string of the molecule is CCC[C@H](NC(=O)NCCCS(C)(=O)=O)C(=O)O. The molecule has 106 valence electrons. The number of aliphatic carboxylic acids is 1. The number of carbonyl (C=O) groups is 2. The van der Waals surface area contributed by atoms with Crippen LogP contribution < -0.4 is 10.6 Å². The average Bonchev–Trinajstić information content (AvgIpc) is 2.22. The highest BCUT2D eigenvalue weighted by molar-refractivity contribution is 7.90. The van der Waals surface area contributed by atoms with Gasteiger partial charge in [-0.3, -0.25) is 0 Å². The quantitative estimate of drug-likeness (QED) is 0.541. The van der Waals surface area contributed by atoms with Gasteiger partial charge in [-0.2, -0.15) is 0 Å². The molecule has 0 saturated carbocycles. The normalized spacial score (nSPS) is 12.8. The number of sulfone groups is 1. The van der Waals surface area contributed by atoms with Crippen LogP contribution in [0.25, 0.3) is 0 Å². The molecule has 0 saturated heterocycles. The van der Waals surface area contributed by atoms with Crippen molar-refractivity contribution in [3.8, 4) is 0 Å². The molecule has 0 spiro atoms. The molecule has 0 aliphatic rings. The number of nitrogens with one attached hydrogen (secondary N) is 2. The fourth-order valence-electron chi connectivity index (χ4n) is 1.29. The molecule has 0 radical (unpaired) electrons. The van der Waals surface area contributed by atoms with E-state index in [2.05, 4.69) is 10.6 Å². The molecule has 0 aliphatic carbocycles. The number of rotatable bonds is 8. The van der Waals surface area contributed by atoms with Gasteiger partial charge in [0.2, 0.25) is 0 Å². The number of urea groups is 1. The maximum absolute atomic E-state index is 11.3. The summed E-state index contributed by atoms with van der Waals surface area (Å²) >= 11 is 0. The average molecular weight is 280 g/mol. The zero-order valence-corrected chi connectivity index (χ0v) is 11.4. The second-order valence-electron chi connectivity index (χ2n) is 4.06. The predicted octanol–water partition coefficient (Wildman–Crippen LogP) is -0.0264. The van der Waals surface area contributed by atoms with Crippen molar-refractivity contribution in [3.63, 3.8) is 0 Å². The van der Waals surface area contributed by atoms with Gasteiger partial charge in [0.1, 0.15) is 15.9 Å². The number of carboxylic acid groups (broad SMARTS) is 1. The van der Waals surface area contributed by atoms with Crippen LogP contribution >= 0.6 is 0 Å².